The fraction of sp³-hybridized carbons (Fsp3) is 0.139. The molecule has 4 heteroatoms. The van der Waals surface area contributed by atoms with Gasteiger partial charge in [-0.1, -0.05) is 117 Å². The Hall–Kier alpha value is -4.83. The lowest BCUT2D eigenvalue weighted by Gasteiger charge is -2.41. The Kier molecular flexibility index (Phi) is 5.89. The minimum absolute atomic E-state index is 0.0886. The lowest BCUT2D eigenvalue weighted by atomic mass is 9.71. The molecule has 0 saturated heterocycles. The van der Waals surface area contributed by atoms with Gasteiger partial charge in [0.2, 0.25) is 0 Å². The van der Waals surface area contributed by atoms with Crippen molar-refractivity contribution in [3.05, 3.63) is 132 Å². The maximum atomic E-state index is 6.42. The molecule has 0 spiro atoms. The molecule has 7 rings (SSSR count). The van der Waals surface area contributed by atoms with Gasteiger partial charge < -0.3 is 4.74 Å². The molecular weight excluding hydrogens is 490 g/mol. The Balaban J connectivity index is 1.34. The average Bonchev–Trinajstić information content (AvgIpc) is 3.02. The van der Waals surface area contributed by atoms with Crippen LogP contribution in [0.1, 0.15) is 25.8 Å². The number of rotatable bonds is 4. The number of fused-ring (bicyclic) bond motifs is 2. The smallest absolute Gasteiger partial charge is 0.164 e. The van der Waals surface area contributed by atoms with Crippen molar-refractivity contribution in [3.8, 4) is 51.0 Å². The van der Waals surface area contributed by atoms with Crippen LogP contribution < -0.4 is 4.74 Å². The first-order valence-corrected chi connectivity index (χ1v) is 13.7. The van der Waals surface area contributed by atoms with Crippen LogP contribution in [0.5, 0.6) is 5.75 Å². The first-order chi connectivity index (χ1) is 19.6. The van der Waals surface area contributed by atoms with Gasteiger partial charge in [-0.25, -0.2) is 15.0 Å². The zero-order chi connectivity index (χ0) is 27.1. The molecule has 1 aliphatic heterocycles. The summed E-state index contributed by atoms with van der Waals surface area (Å²) in [6.07, 6.45) is 7.51. The fourth-order valence-electron chi connectivity index (χ4n) is 5.69. The number of allylic oxidation sites excluding steroid dienone is 2. The predicted molar refractivity (Wildman–Crippen MR) is 161 cm³/mol. The van der Waals surface area contributed by atoms with Crippen molar-refractivity contribution in [3.63, 3.8) is 0 Å². The van der Waals surface area contributed by atoms with Gasteiger partial charge in [-0.15, -0.1) is 0 Å². The van der Waals surface area contributed by atoms with Crippen LogP contribution >= 0.6 is 0 Å². The molecule has 4 nitrogen and oxygen atoms in total. The van der Waals surface area contributed by atoms with Gasteiger partial charge in [0.05, 0.1) is 0 Å². The van der Waals surface area contributed by atoms with Crippen molar-refractivity contribution < 1.29 is 4.74 Å². The molecule has 2 heterocycles. The number of hydrogen-bond donors (Lipinski definition) is 0. The van der Waals surface area contributed by atoms with Crippen LogP contribution in [0.3, 0.4) is 0 Å². The van der Waals surface area contributed by atoms with Crippen LogP contribution in [-0.2, 0) is 5.41 Å². The number of ether oxygens (including phenoxy) is 1. The predicted octanol–water partition coefficient (Wildman–Crippen LogP) is 8.46. The molecule has 1 aliphatic carbocycles. The normalized spacial score (nSPS) is 16.9. The topological polar surface area (TPSA) is 47.9 Å². The fourth-order valence-corrected chi connectivity index (χ4v) is 5.69. The van der Waals surface area contributed by atoms with E-state index in [1.807, 2.05) is 36.4 Å². The van der Waals surface area contributed by atoms with Crippen LogP contribution in [0.15, 0.2) is 127 Å². The Morgan fingerprint density at radius 1 is 0.625 bits per heavy atom. The minimum atomic E-state index is -0.162. The van der Waals surface area contributed by atoms with Gasteiger partial charge in [0.25, 0.3) is 0 Å². The highest BCUT2D eigenvalue weighted by atomic mass is 16.5. The van der Waals surface area contributed by atoms with E-state index in [1.165, 1.54) is 11.1 Å². The third-order valence-electron chi connectivity index (χ3n) is 7.93. The number of aromatic nitrogens is 3. The molecule has 0 N–H and O–H groups in total. The zero-order valence-electron chi connectivity index (χ0n) is 22.6. The molecule has 0 saturated carbocycles. The summed E-state index contributed by atoms with van der Waals surface area (Å²) in [6, 6.07) is 35.2. The average molecular weight is 520 g/mol. The van der Waals surface area contributed by atoms with Crippen molar-refractivity contribution in [2.75, 3.05) is 0 Å². The van der Waals surface area contributed by atoms with E-state index in [0.717, 1.165) is 40.0 Å². The van der Waals surface area contributed by atoms with Gasteiger partial charge in [0, 0.05) is 34.1 Å². The van der Waals surface area contributed by atoms with Crippen LogP contribution in [0.2, 0.25) is 0 Å². The molecule has 0 radical (unpaired) electrons. The Morgan fingerprint density at radius 3 is 1.82 bits per heavy atom. The van der Waals surface area contributed by atoms with Crippen LogP contribution in [0.25, 0.3) is 45.3 Å². The summed E-state index contributed by atoms with van der Waals surface area (Å²) in [7, 11) is 0. The Bertz CT molecular complexity index is 1750. The molecular formula is C36H29N3O. The second-order valence-corrected chi connectivity index (χ2v) is 10.8. The maximum Gasteiger partial charge on any atom is 0.164 e. The SMILES string of the molecule is CC1(C)C2=CC=CCC2Oc2ccc(-c3nc(-c4ccccc4)nc(-c4ccc(-c5ccccc5)cc4)n3)cc21. The maximum absolute atomic E-state index is 6.42. The first-order valence-electron chi connectivity index (χ1n) is 13.7. The van der Waals surface area contributed by atoms with Crippen LogP contribution in [-0.4, -0.2) is 21.1 Å². The van der Waals surface area contributed by atoms with Crippen molar-refractivity contribution in [1.82, 2.24) is 15.0 Å². The standard InChI is InChI=1S/C36H29N3O/c1-36(2)29-15-9-10-16-31(29)40-32-22-21-28(23-30(32)36)35-38-33(26-13-7-4-8-14-26)37-34(39-35)27-19-17-25(18-20-27)24-11-5-3-6-12-24/h3-15,17-23,31H,16H2,1-2H3. The second kappa shape index (κ2) is 9.73. The number of benzene rings is 4. The monoisotopic (exact) mass is 519 g/mol. The summed E-state index contributed by atoms with van der Waals surface area (Å²) in [4.78, 5) is 14.9. The van der Waals surface area contributed by atoms with Crippen LogP contribution in [0.4, 0.5) is 0 Å². The summed E-state index contributed by atoms with van der Waals surface area (Å²) in [5.41, 5.74) is 7.48. The minimum Gasteiger partial charge on any atom is -0.485 e. The Morgan fingerprint density at radius 2 is 1.15 bits per heavy atom. The van der Waals surface area contributed by atoms with Gasteiger partial charge in [0.15, 0.2) is 17.5 Å². The molecule has 5 aromatic rings. The van der Waals surface area contributed by atoms with Gasteiger partial charge in [-0.2, -0.15) is 0 Å². The first kappa shape index (κ1) is 24.2. The van der Waals surface area contributed by atoms with Gasteiger partial charge >= 0.3 is 0 Å². The highest BCUT2D eigenvalue weighted by molar-refractivity contribution is 5.71. The third-order valence-corrected chi connectivity index (χ3v) is 7.93. The molecule has 0 fully saturated rings. The molecule has 4 aromatic carbocycles. The van der Waals surface area contributed by atoms with Gasteiger partial charge in [-0.3, -0.25) is 0 Å². The lowest BCUT2D eigenvalue weighted by Crippen LogP contribution is -2.38. The van der Waals surface area contributed by atoms with E-state index in [-0.39, 0.29) is 11.5 Å². The van der Waals surface area contributed by atoms with E-state index in [4.69, 9.17) is 19.7 Å². The largest absolute Gasteiger partial charge is 0.485 e. The number of nitrogens with zero attached hydrogens (tertiary/aromatic N) is 3. The summed E-state index contributed by atoms with van der Waals surface area (Å²) < 4.78 is 6.42. The Labute approximate surface area is 234 Å². The summed E-state index contributed by atoms with van der Waals surface area (Å²) in [5, 5.41) is 0. The molecule has 1 aromatic heterocycles. The second-order valence-electron chi connectivity index (χ2n) is 10.8. The quantitative estimate of drug-likeness (QED) is 0.239. The molecule has 2 aliphatic rings. The lowest BCUT2D eigenvalue weighted by molar-refractivity contribution is 0.196. The summed E-state index contributed by atoms with van der Waals surface area (Å²) in [6.45, 7) is 4.55. The molecule has 40 heavy (non-hydrogen) atoms. The van der Waals surface area contributed by atoms with E-state index < -0.39 is 0 Å². The van der Waals surface area contributed by atoms with Crippen molar-refractivity contribution in [2.45, 2.75) is 31.8 Å². The molecule has 1 atom stereocenters. The highest BCUT2D eigenvalue weighted by Gasteiger charge is 2.39. The van der Waals surface area contributed by atoms with E-state index in [2.05, 4.69) is 98.8 Å². The van der Waals surface area contributed by atoms with Gasteiger partial charge in [-0.05, 0) is 34.9 Å². The van der Waals surface area contributed by atoms with E-state index in [0.29, 0.717) is 17.5 Å². The van der Waals surface area contributed by atoms with Crippen molar-refractivity contribution >= 4 is 0 Å². The zero-order valence-corrected chi connectivity index (χ0v) is 22.6. The molecule has 0 bridgehead atoms. The van der Waals surface area contributed by atoms with Crippen LogP contribution in [0, 0.1) is 0 Å². The van der Waals surface area contributed by atoms with E-state index in [1.54, 1.807) is 0 Å². The van der Waals surface area contributed by atoms with Crippen molar-refractivity contribution in [1.29, 1.82) is 0 Å². The van der Waals surface area contributed by atoms with E-state index >= 15 is 0 Å². The summed E-state index contributed by atoms with van der Waals surface area (Å²) in [5.74, 6) is 2.88. The molecule has 1 unspecified atom stereocenters. The summed E-state index contributed by atoms with van der Waals surface area (Å²) >= 11 is 0. The highest BCUT2D eigenvalue weighted by Crippen LogP contribution is 2.47. The van der Waals surface area contributed by atoms with E-state index in [9.17, 15) is 0 Å². The van der Waals surface area contributed by atoms with Gasteiger partial charge in [0.1, 0.15) is 11.9 Å². The van der Waals surface area contributed by atoms with Crippen molar-refractivity contribution in [2.24, 2.45) is 0 Å². The molecule has 0 amide bonds. The number of hydrogen-bond acceptors (Lipinski definition) is 4. The molecule has 194 valence electrons. The third kappa shape index (κ3) is 4.32.